The molecule has 0 saturated carbocycles. The van der Waals surface area contributed by atoms with Crippen molar-refractivity contribution in [2.75, 3.05) is 26.2 Å². The Hall–Kier alpha value is -2.32. The summed E-state index contributed by atoms with van der Waals surface area (Å²) in [4.78, 5) is 16.6. The molecule has 1 amide bonds. The van der Waals surface area contributed by atoms with Crippen LogP contribution in [0.4, 0.5) is 0 Å². The van der Waals surface area contributed by atoms with Crippen LogP contribution in [0.5, 0.6) is 0 Å². The zero-order valence-corrected chi connectivity index (χ0v) is 14.7. The van der Waals surface area contributed by atoms with Crippen LogP contribution in [-0.4, -0.2) is 47.4 Å². The summed E-state index contributed by atoms with van der Waals surface area (Å²) >= 11 is 0. The van der Waals surface area contributed by atoms with Gasteiger partial charge in [-0.1, -0.05) is 30.3 Å². The van der Waals surface area contributed by atoms with Gasteiger partial charge in [-0.2, -0.15) is 5.26 Å². The molecule has 0 radical (unpaired) electrons. The molecule has 24 heavy (non-hydrogen) atoms. The minimum Gasteiger partial charge on any atom is -0.374 e. The lowest BCUT2D eigenvalue weighted by molar-refractivity contribution is -0.118. The summed E-state index contributed by atoms with van der Waals surface area (Å²) in [5.74, 6) is -0.309. The molecule has 1 aromatic rings. The number of rotatable bonds is 4. The van der Waals surface area contributed by atoms with Crippen molar-refractivity contribution in [3.63, 3.8) is 0 Å². The molecule has 0 unspecified atom stereocenters. The highest BCUT2D eigenvalue weighted by Crippen LogP contribution is 2.10. The highest BCUT2D eigenvalue weighted by molar-refractivity contribution is 5.97. The molecule has 1 saturated heterocycles. The van der Waals surface area contributed by atoms with Crippen molar-refractivity contribution in [1.29, 1.82) is 5.26 Å². The van der Waals surface area contributed by atoms with Gasteiger partial charge in [0.2, 0.25) is 0 Å². The molecule has 0 atom stereocenters. The molecule has 1 fully saturated rings. The second kappa shape index (κ2) is 7.98. The maximum absolute atomic E-state index is 12.1. The molecule has 0 aliphatic carbocycles. The van der Waals surface area contributed by atoms with Gasteiger partial charge in [-0.05, 0) is 26.3 Å². The first-order valence-corrected chi connectivity index (χ1v) is 8.32. The minimum atomic E-state index is -0.346. The lowest BCUT2D eigenvalue weighted by atomic mass is 10.1. The lowest BCUT2D eigenvalue weighted by Crippen LogP contribution is -2.45. The number of hydrogen-bond donors (Lipinski definition) is 1. The molecule has 2 rings (SSSR count). The van der Waals surface area contributed by atoms with E-state index in [1.807, 2.05) is 32.9 Å². The minimum absolute atomic E-state index is 0.168. The summed E-state index contributed by atoms with van der Waals surface area (Å²) in [6.07, 6.45) is 1.70. The highest BCUT2D eigenvalue weighted by atomic mass is 16.1. The predicted molar refractivity (Wildman–Crippen MR) is 94.9 cm³/mol. The van der Waals surface area contributed by atoms with Crippen LogP contribution in [0.2, 0.25) is 0 Å². The monoisotopic (exact) mass is 326 g/mol. The van der Waals surface area contributed by atoms with Crippen LogP contribution in [0.15, 0.2) is 42.1 Å². The fourth-order valence-corrected chi connectivity index (χ4v) is 2.62. The molecule has 1 aliphatic rings. The Kier molecular flexibility index (Phi) is 5.99. The smallest absolute Gasteiger partial charge is 0.263 e. The lowest BCUT2D eigenvalue weighted by Gasteiger charge is -2.34. The van der Waals surface area contributed by atoms with Crippen LogP contribution in [0.25, 0.3) is 0 Å². The van der Waals surface area contributed by atoms with E-state index in [-0.39, 0.29) is 17.0 Å². The van der Waals surface area contributed by atoms with Crippen molar-refractivity contribution in [3.8, 4) is 6.07 Å². The number of benzene rings is 1. The van der Waals surface area contributed by atoms with E-state index in [9.17, 15) is 10.1 Å². The average molecular weight is 326 g/mol. The maximum Gasteiger partial charge on any atom is 0.263 e. The van der Waals surface area contributed by atoms with Crippen LogP contribution < -0.4 is 5.32 Å². The molecule has 128 valence electrons. The highest BCUT2D eigenvalue weighted by Gasteiger charge is 2.20. The Labute approximate surface area is 144 Å². The normalized spacial score (nSPS) is 16.6. The number of carbonyl (C=O) groups is 1. The molecular weight excluding hydrogens is 300 g/mol. The molecule has 0 aromatic heterocycles. The van der Waals surface area contributed by atoms with Gasteiger partial charge in [0.25, 0.3) is 5.91 Å². The van der Waals surface area contributed by atoms with Gasteiger partial charge in [-0.25, -0.2) is 0 Å². The fraction of sp³-hybridized carbons (Fsp3) is 0.474. The summed E-state index contributed by atoms with van der Waals surface area (Å²) in [5.41, 5.74) is 1.13. The Morgan fingerprint density at radius 2 is 1.83 bits per heavy atom. The third-order valence-electron chi connectivity index (χ3n) is 3.82. The van der Waals surface area contributed by atoms with Crippen molar-refractivity contribution < 1.29 is 4.79 Å². The van der Waals surface area contributed by atoms with Crippen LogP contribution in [-0.2, 0) is 11.3 Å². The third kappa shape index (κ3) is 5.71. The topological polar surface area (TPSA) is 59.4 Å². The molecule has 5 nitrogen and oxygen atoms in total. The first-order valence-electron chi connectivity index (χ1n) is 8.32. The van der Waals surface area contributed by atoms with Gasteiger partial charge in [0, 0.05) is 44.5 Å². The van der Waals surface area contributed by atoms with E-state index in [0.29, 0.717) is 0 Å². The zero-order valence-electron chi connectivity index (χ0n) is 14.7. The Bertz CT molecular complexity index is 617. The molecule has 1 heterocycles. The Morgan fingerprint density at radius 3 is 2.38 bits per heavy atom. The number of amides is 1. The standard InChI is InChI=1S/C19H26N4O/c1-19(2,3)21-18(24)17(13-20)15-23-11-9-22(10-12-23)14-16-7-5-4-6-8-16/h4-8,15H,9-12,14H2,1-3H3,(H,21,24)/b17-15-. The first kappa shape index (κ1) is 18.0. The van der Waals surface area contributed by atoms with E-state index in [2.05, 4.69) is 39.4 Å². The van der Waals surface area contributed by atoms with E-state index in [1.54, 1.807) is 6.20 Å². The summed E-state index contributed by atoms with van der Waals surface area (Å²) < 4.78 is 0. The van der Waals surface area contributed by atoms with E-state index in [1.165, 1.54) is 5.56 Å². The van der Waals surface area contributed by atoms with Gasteiger partial charge in [0.05, 0.1) is 0 Å². The van der Waals surface area contributed by atoms with Gasteiger partial charge in [-0.3, -0.25) is 9.69 Å². The van der Waals surface area contributed by atoms with E-state index >= 15 is 0 Å². The van der Waals surface area contributed by atoms with Gasteiger partial charge in [0.1, 0.15) is 11.6 Å². The maximum atomic E-state index is 12.1. The van der Waals surface area contributed by atoms with Crippen molar-refractivity contribution in [3.05, 3.63) is 47.7 Å². The predicted octanol–water partition coefficient (Wildman–Crippen LogP) is 2.13. The van der Waals surface area contributed by atoms with Crippen molar-refractivity contribution in [1.82, 2.24) is 15.1 Å². The van der Waals surface area contributed by atoms with Gasteiger partial charge in [0.15, 0.2) is 0 Å². The first-order chi connectivity index (χ1) is 11.4. The van der Waals surface area contributed by atoms with E-state index in [0.717, 1.165) is 32.7 Å². The van der Waals surface area contributed by atoms with Crippen LogP contribution in [0.3, 0.4) is 0 Å². The summed E-state index contributed by atoms with van der Waals surface area (Å²) in [7, 11) is 0. The average Bonchev–Trinajstić information content (AvgIpc) is 2.53. The van der Waals surface area contributed by atoms with Gasteiger partial charge < -0.3 is 10.2 Å². The molecule has 1 aliphatic heterocycles. The van der Waals surface area contributed by atoms with Crippen molar-refractivity contribution in [2.24, 2.45) is 0 Å². The second-order valence-electron chi connectivity index (χ2n) is 7.16. The summed E-state index contributed by atoms with van der Waals surface area (Å²) in [5, 5.41) is 12.1. The number of piperazine rings is 1. The molecule has 5 heteroatoms. The molecule has 0 spiro atoms. The fourth-order valence-electron chi connectivity index (χ4n) is 2.62. The van der Waals surface area contributed by atoms with Crippen LogP contribution >= 0.6 is 0 Å². The van der Waals surface area contributed by atoms with Gasteiger partial charge >= 0.3 is 0 Å². The number of nitriles is 1. The van der Waals surface area contributed by atoms with Crippen LogP contribution in [0, 0.1) is 11.3 Å². The molecule has 1 N–H and O–H groups in total. The van der Waals surface area contributed by atoms with Crippen molar-refractivity contribution in [2.45, 2.75) is 32.9 Å². The zero-order chi connectivity index (χ0) is 17.6. The number of nitrogens with zero attached hydrogens (tertiary/aromatic N) is 3. The van der Waals surface area contributed by atoms with Gasteiger partial charge in [-0.15, -0.1) is 0 Å². The van der Waals surface area contributed by atoms with E-state index in [4.69, 9.17) is 0 Å². The summed E-state index contributed by atoms with van der Waals surface area (Å²) in [6, 6.07) is 12.4. The Balaban J connectivity index is 1.89. The second-order valence-corrected chi connectivity index (χ2v) is 7.16. The molecule has 0 bridgehead atoms. The number of nitrogens with one attached hydrogen (secondary N) is 1. The SMILES string of the molecule is CC(C)(C)NC(=O)/C(C#N)=C\N1CCN(Cc2ccccc2)CC1. The quantitative estimate of drug-likeness (QED) is 0.680. The number of carbonyl (C=O) groups excluding carboxylic acids is 1. The van der Waals surface area contributed by atoms with Crippen molar-refractivity contribution >= 4 is 5.91 Å². The molecule has 1 aromatic carbocycles. The third-order valence-corrected chi connectivity index (χ3v) is 3.82. The largest absolute Gasteiger partial charge is 0.374 e. The Morgan fingerprint density at radius 1 is 1.21 bits per heavy atom. The van der Waals surface area contributed by atoms with Crippen LogP contribution in [0.1, 0.15) is 26.3 Å². The van der Waals surface area contributed by atoms with E-state index < -0.39 is 0 Å². The molecular formula is C19H26N4O. The summed E-state index contributed by atoms with van der Waals surface area (Å²) in [6.45, 7) is 10.1. The number of hydrogen-bond acceptors (Lipinski definition) is 4.